The first kappa shape index (κ1) is 12.0. The highest BCUT2D eigenvalue weighted by molar-refractivity contribution is 5.80. The van der Waals surface area contributed by atoms with Crippen LogP contribution in [0.25, 0.3) is 22.2 Å². The second kappa shape index (κ2) is 4.54. The minimum atomic E-state index is 0.519. The molecule has 0 fully saturated rings. The van der Waals surface area contributed by atoms with E-state index < -0.39 is 0 Å². The lowest BCUT2D eigenvalue weighted by Gasteiger charge is -2.10. The van der Waals surface area contributed by atoms with Crippen molar-refractivity contribution in [3.63, 3.8) is 0 Å². The summed E-state index contributed by atoms with van der Waals surface area (Å²) < 4.78 is 5.45. The number of hydrogen-bond donors (Lipinski definition) is 0. The Morgan fingerprint density at radius 3 is 2.74 bits per heavy atom. The van der Waals surface area contributed by atoms with Gasteiger partial charge in [-0.2, -0.15) is 0 Å². The number of aryl methyl sites for hydroxylation is 1. The Morgan fingerprint density at radius 2 is 1.95 bits per heavy atom. The van der Waals surface area contributed by atoms with Crippen molar-refractivity contribution in [1.82, 2.24) is 4.98 Å². The van der Waals surface area contributed by atoms with E-state index in [1.54, 1.807) is 6.26 Å². The molecule has 2 nitrogen and oxygen atoms in total. The molecule has 0 N–H and O–H groups in total. The van der Waals surface area contributed by atoms with Gasteiger partial charge in [-0.3, -0.25) is 4.98 Å². The van der Waals surface area contributed by atoms with Gasteiger partial charge in [-0.05, 0) is 36.6 Å². The fourth-order valence-electron chi connectivity index (χ4n) is 2.31. The lowest BCUT2D eigenvalue weighted by atomic mass is 9.97. The third-order valence-corrected chi connectivity index (χ3v) is 3.40. The van der Waals surface area contributed by atoms with Crippen molar-refractivity contribution in [2.24, 2.45) is 0 Å². The third kappa shape index (κ3) is 2.26. The van der Waals surface area contributed by atoms with Crippen molar-refractivity contribution in [2.45, 2.75) is 26.7 Å². The molecular formula is C17H17NO. The van der Waals surface area contributed by atoms with Gasteiger partial charge in [0.2, 0.25) is 0 Å². The zero-order valence-electron chi connectivity index (χ0n) is 11.5. The molecule has 0 saturated carbocycles. The number of pyridine rings is 1. The van der Waals surface area contributed by atoms with E-state index in [2.05, 4.69) is 44.0 Å². The molecule has 0 atom stereocenters. The van der Waals surface area contributed by atoms with Gasteiger partial charge in [0.15, 0.2) is 0 Å². The molecule has 0 amide bonds. The normalized spacial score (nSPS) is 11.4. The van der Waals surface area contributed by atoms with E-state index >= 15 is 0 Å². The topological polar surface area (TPSA) is 26.0 Å². The molecule has 3 aromatic rings. The molecule has 2 heteroatoms. The van der Waals surface area contributed by atoms with E-state index in [-0.39, 0.29) is 0 Å². The lowest BCUT2D eigenvalue weighted by molar-refractivity contribution is 0.615. The molecule has 0 aliphatic carbocycles. The van der Waals surface area contributed by atoms with Crippen LogP contribution in [0.5, 0.6) is 0 Å². The molecular weight excluding hydrogens is 234 g/mol. The molecule has 1 aromatic carbocycles. The number of furan rings is 1. The van der Waals surface area contributed by atoms with Gasteiger partial charge in [-0.1, -0.05) is 25.5 Å². The highest BCUT2D eigenvalue weighted by atomic mass is 16.3. The zero-order valence-corrected chi connectivity index (χ0v) is 11.5. The van der Waals surface area contributed by atoms with E-state index in [0.717, 1.165) is 22.2 Å². The first-order valence-corrected chi connectivity index (χ1v) is 6.59. The molecule has 2 heterocycles. The zero-order chi connectivity index (χ0) is 13.4. The molecule has 0 bridgehead atoms. The summed E-state index contributed by atoms with van der Waals surface area (Å²) in [5.74, 6) is 0.519. The number of nitrogens with zero attached hydrogens (tertiary/aromatic N) is 1. The maximum Gasteiger partial charge on any atom is 0.137 e. The van der Waals surface area contributed by atoms with Crippen LogP contribution in [0.2, 0.25) is 0 Å². The van der Waals surface area contributed by atoms with Crippen LogP contribution in [0.1, 0.15) is 30.9 Å². The summed E-state index contributed by atoms with van der Waals surface area (Å²) in [5, 5.41) is 1.04. The molecule has 96 valence electrons. The Bertz CT molecular complexity index is 725. The van der Waals surface area contributed by atoms with Gasteiger partial charge in [-0.15, -0.1) is 0 Å². The summed E-state index contributed by atoms with van der Waals surface area (Å²) in [7, 11) is 0. The summed E-state index contributed by atoms with van der Waals surface area (Å²) in [5.41, 5.74) is 5.62. The predicted molar refractivity (Wildman–Crippen MR) is 78.3 cm³/mol. The van der Waals surface area contributed by atoms with Crippen molar-refractivity contribution in [1.29, 1.82) is 0 Å². The molecule has 19 heavy (non-hydrogen) atoms. The van der Waals surface area contributed by atoms with Gasteiger partial charge in [0.25, 0.3) is 0 Å². The summed E-state index contributed by atoms with van der Waals surface area (Å²) >= 11 is 0. The Hall–Kier alpha value is -2.09. The fraction of sp³-hybridized carbons (Fsp3) is 0.235. The number of aromatic nitrogens is 1. The quantitative estimate of drug-likeness (QED) is 0.645. The van der Waals surface area contributed by atoms with Gasteiger partial charge in [-0.25, -0.2) is 0 Å². The molecule has 0 unspecified atom stereocenters. The molecule has 0 spiro atoms. The SMILES string of the molecule is Cc1cc(-c2cc3occc3cn2)cc(C(C)C)c1. The minimum absolute atomic E-state index is 0.519. The first-order chi connectivity index (χ1) is 9.13. The second-order valence-corrected chi connectivity index (χ2v) is 5.32. The maximum absolute atomic E-state index is 5.45. The molecule has 0 saturated heterocycles. The van der Waals surface area contributed by atoms with Crippen molar-refractivity contribution in [3.8, 4) is 11.3 Å². The molecule has 3 rings (SSSR count). The maximum atomic E-state index is 5.45. The van der Waals surface area contributed by atoms with Crippen LogP contribution in [0.15, 0.2) is 47.2 Å². The molecule has 0 aliphatic heterocycles. The average Bonchev–Trinajstić information content (AvgIpc) is 2.85. The minimum Gasteiger partial charge on any atom is -0.464 e. The Morgan fingerprint density at radius 1 is 1.11 bits per heavy atom. The van der Waals surface area contributed by atoms with Gasteiger partial charge in [0.1, 0.15) is 5.58 Å². The van der Waals surface area contributed by atoms with Crippen molar-refractivity contribution >= 4 is 11.0 Å². The van der Waals surface area contributed by atoms with Gasteiger partial charge < -0.3 is 4.42 Å². The molecule has 0 radical (unpaired) electrons. The summed E-state index contributed by atoms with van der Waals surface area (Å²) in [6.07, 6.45) is 3.57. The fourth-order valence-corrected chi connectivity index (χ4v) is 2.31. The molecule has 2 aromatic heterocycles. The summed E-state index contributed by atoms with van der Waals surface area (Å²) in [4.78, 5) is 4.53. The van der Waals surface area contributed by atoms with Crippen LogP contribution in [0, 0.1) is 6.92 Å². The van der Waals surface area contributed by atoms with E-state index in [0.29, 0.717) is 5.92 Å². The monoisotopic (exact) mass is 251 g/mol. The van der Waals surface area contributed by atoms with Crippen LogP contribution in [-0.2, 0) is 0 Å². The summed E-state index contributed by atoms with van der Waals surface area (Å²) in [6, 6.07) is 10.6. The van der Waals surface area contributed by atoms with Crippen molar-refractivity contribution < 1.29 is 4.42 Å². The number of fused-ring (bicyclic) bond motifs is 1. The van der Waals surface area contributed by atoms with Crippen LogP contribution in [0.4, 0.5) is 0 Å². The van der Waals surface area contributed by atoms with Crippen LogP contribution >= 0.6 is 0 Å². The van der Waals surface area contributed by atoms with Gasteiger partial charge >= 0.3 is 0 Å². The Kier molecular flexibility index (Phi) is 2.86. The van der Waals surface area contributed by atoms with E-state index in [1.807, 2.05) is 18.3 Å². The van der Waals surface area contributed by atoms with Crippen LogP contribution in [-0.4, -0.2) is 4.98 Å². The van der Waals surface area contributed by atoms with Gasteiger partial charge in [0.05, 0.1) is 12.0 Å². The van der Waals surface area contributed by atoms with E-state index in [9.17, 15) is 0 Å². The first-order valence-electron chi connectivity index (χ1n) is 6.59. The lowest BCUT2D eigenvalue weighted by Crippen LogP contribution is -1.91. The van der Waals surface area contributed by atoms with Crippen LogP contribution in [0.3, 0.4) is 0 Å². The third-order valence-electron chi connectivity index (χ3n) is 3.40. The van der Waals surface area contributed by atoms with Crippen molar-refractivity contribution in [2.75, 3.05) is 0 Å². The van der Waals surface area contributed by atoms with Gasteiger partial charge in [0, 0.05) is 23.2 Å². The number of hydrogen-bond acceptors (Lipinski definition) is 2. The second-order valence-electron chi connectivity index (χ2n) is 5.32. The Labute approximate surface area is 113 Å². The highest BCUT2D eigenvalue weighted by Crippen LogP contribution is 2.27. The molecule has 0 aliphatic rings. The number of rotatable bonds is 2. The highest BCUT2D eigenvalue weighted by Gasteiger charge is 2.07. The number of benzene rings is 1. The van der Waals surface area contributed by atoms with E-state index in [1.165, 1.54) is 11.1 Å². The standard InChI is InChI=1S/C17H17NO/c1-11(2)14-6-12(3)7-15(8-14)16-9-17-13(10-18-16)4-5-19-17/h4-11H,1-3H3. The average molecular weight is 251 g/mol. The van der Waals surface area contributed by atoms with E-state index in [4.69, 9.17) is 4.42 Å². The van der Waals surface area contributed by atoms with Crippen LogP contribution < -0.4 is 0 Å². The largest absolute Gasteiger partial charge is 0.464 e. The predicted octanol–water partition coefficient (Wildman–Crippen LogP) is 4.93. The smallest absolute Gasteiger partial charge is 0.137 e. The van der Waals surface area contributed by atoms with Crippen molar-refractivity contribution in [3.05, 3.63) is 53.9 Å². The Balaban J connectivity index is 2.14. The summed E-state index contributed by atoms with van der Waals surface area (Å²) in [6.45, 7) is 6.55.